The molecule has 0 spiro atoms. The maximum Gasteiger partial charge on any atom is 0.169 e. The number of nitrogens with two attached hydrogens (primary N) is 1. The van der Waals surface area contributed by atoms with Gasteiger partial charge in [-0.05, 0) is 36.8 Å². The van der Waals surface area contributed by atoms with E-state index in [2.05, 4.69) is 0 Å². The van der Waals surface area contributed by atoms with Crippen molar-refractivity contribution in [2.45, 2.75) is 13.3 Å². The van der Waals surface area contributed by atoms with Crippen LogP contribution in [0.15, 0.2) is 42.5 Å². The topological polar surface area (TPSA) is 44.5 Å². The van der Waals surface area contributed by atoms with Crippen molar-refractivity contribution in [3.05, 3.63) is 53.1 Å². The van der Waals surface area contributed by atoms with Gasteiger partial charge in [0, 0.05) is 5.02 Å². The lowest BCUT2D eigenvalue weighted by atomic mass is 10.2. The molecule has 3 nitrogen and oxygen atoms in total. The van der Waals surface area contributed by atoms with E-state index in [1.54, 1.807) is 18.2 Å². The van der Waals surface area contributed by atoms with Gasteiger partial charge in [-0.3, -0.25) is 0 Å². The molecule has 0 saturated heterocycles. The molecule has 2 rings (SSSR count). The van der Waals surface area contributed by atoms with E-state index >= 15 is 0 Å². The van der Waals surface area contributed by atoms with Crippen molar-refractivity contribution < 1.29 is 9.47 Å². The Morgan fingerprint density at radius 1 is 1.14 bits per heavy atom. The van der Waals surface area contributed by atoms with E-state index in [0.717, 1.165) is 6.42 Å². The summed E-state index contributed by atoms with van der Waals surface area (Å²) in [6, 6.07) is 12.6. The number of thiocarbonyl (C=S) groups is 1. The molecule has 0 aliphatic rings. The SMILES string of the molecule is CCCOc1ccccc1Oc1ccc(Cl)cc1C(N)=S. The number of para-hydroxylation sites is 2. The van der Waals surface area contributed by atoms with Gasteiger partial charge in [0.05, 0.1) is 12.2 Å². The summed E-state index contributed by atoms with van der Waals surface area (Å²) in [5.74, 6) is 1.86. The highest BCUT2D eigenvalue weighted by molar-refractivity contribution is 7.80. The lowest BCUT2D eigenvalue weighted by Crippen LogP contribution is -2.11. The summed E-state index contributed by atoms with van der Waals surface area (Å²) in [6.07, 6.45) is 0.924. The molecule has 0 saturated carbocycles. The van der Waals surface area contributed by atoms with Crippen LogP contribution in [0.2, 0.25) is 5.02 Å². The number of hydrogen-bond donors (Lipinski definition) is 1. The van der Waals surface area contributed by atoms with Crippen LogP contribution in [0.25, 0.3) is 0 Å². The van der Waals surface area contributed by atoms with Gasteiger partial charge in [-0.2, -0.15) is 0 Å². The van der Waals surface area contributed by atoms with Gasteiger partial charge in [0.15, 0.2) is 11.5 Å². The van der Waals surface area contributed by atoms with Gasteiger partial charge >= 0.3 is 0 Å². The second-order valence-corrected chi connectivity index (χ2v) is 5.28. The fourth-order valence-electron chi connectivity index (χ4n) is 1.77. The molecule has 0 bridgehead atoms. The minimum Gasteiger partial charge on any atom is -0.490 e. The number of hydrogen-bond acceptors (Lipinski definition) is 3. The Bertz CT molecular complexity index is 646. The second kappa shape index (κ2) is 7.29. The lowest BCUT2D eigenvalue weighted by molar-refractivity contribution is 0.302. The molecular formula is C16H16ClNO2S. The third kappa shape index (κ3) is 4.09. The maximum absolute atomic E-state index is 5.97. The lowest BCUT2D eigenvalue weighted by Gasteiger charge is -2.14. The smallest absolute Gasteiger partial charge is 0.169 e. The molecule has 0 aliphatic heterocycles. The third-order valence-electron chi connectivity index (χ3n) is 2.74. The second-order valence-electron chi connectivity index (χ2n) is 4.40. The van der Waals surface area contributed by atoms with Crippen molar-refractivity contribution in [3.8, 4) is 17.2 Å². The van der Waals surface area contributed by atoms with Crippen molar-refractivity contribution in [2.24, 2.45) is 5.73 Å². The maximum atomic E-state index is 5.97. The Hall–Kier alpha value is -1.78. The number of benzene rings is 2. The van der Waals surface area contributed by atoms with E-state index in [9.17, 15) is 0 Å². The molecule has 0 radical (unpaired) electrons. The van der Waals surface area contributed by atoms with E-state index in [0.29, 0.717) is 34.4 Å². The van der Waals surface area contributed by atoms with E-state index in [1.165, 1.54) is 0 Å². The number of halogens is 1. The van der Waals surface area contributed by atoms with Crippen LogP contribution < -0.4 is 15.2 Å². The molecule has 0 atom stereocenters. The first-order valence-corrected chi connectivity index (χ1v) is 7.39. The van der Waals surface area contributed by atoms with Crippen LogP contribution in [0.4, 0.5) is 0 Å². The Balaban J connectivity index is 2.32. The minimum absolute atomic E-state index is 0.236. The normalized spacial score (nSPS) is 10.2. The summed E-state index contributed by atoms with van der Waals surface area (Å²) in [5, 5.41) is 0.556. The first-order valence-electron chi connectivity index (χ1n) is 6.61. The fourth-order valence-corrected chi connectivity index (χ4v) is 2.10. The van der Waals surface area contributed by atoms with Crippen LogP contribution in [-0.4, -0.2) is 11.6 Å². The molecule has 2 aromatic carbocycles. The van der Waals surface area contributed by atoms with Crippen molar-refractivity contribution >= 4 is 28.8 Å². The van der Waals surface area contributed by atoms with Gasteiger partial charge in [-0.15, -0.1) is 0 Å². The zero-order valence-electron chi connectivity index (χ0n) is 11.6. The summed E-state index contributed by atoms with van der Waals surface area (Å²) < 4.78 is 11.6. The zero-order valence-corrected chi connectivity index (χ0v) is 13.2. The van der Waals surface area contributed by atoms with Crippen LogP contribution in [0.1, 0.15) is 18.9 Å². The standard InChI is InChI=1S/C16H16ClNO2S/c1-2-9-19-14-5-3-4-6-15(14)20-13-8-7-11(17)10-12(13)16(18)21/h3-8,10H,2,9H2,1H3,(H2,18,21). The molecule has 21 heavy (non-hydrogen) atoms. The zero-order chi connectivity index (χ0) is 15.2. The molecule has 0 heterocycles. The molecule has 0 amide bonds. The fraction of sp³-hybridized carbons (Fsp3) is 0.188. The molecule has 0 aromatic heterocycles. The van der Waals surface area contributed by atoms with Crippen molar-refractivity contribution in [1.82, 2.24) is 0 Å². The molecule has 0 fully saturated rings. The highest BCUT2D eigenvalue weighted by Gasteiger charge is 2.11. The van der Waals surface area contributed by atoms with Gasteiger partial charge in [-0.1, -0.05) is 42.9 Å². The van der Waals surface area contributed by atoms with E-state index in [4.69, 9.17) is 39.0 Å². The predicted molar refractivity (Wildman–Crippen MR) is 89.6 cm³/mol. The molecule has 5 heteroatoms. The van der Waals surface area contributed by atoms with E-state index < -0.39 is 0 Å². The molecule has 2 N–H and O–H groups in total. The van der Waals surface area contributed by atoms with E-state index in [-0.39, 0.29) is 4.99 Å². The molecule has 110 valence electrons. The highest BCUT2D eigenvalue weighted by Crippen LogP contribution is 2.34. The summed E-state index contributed by atoms with van der Waals surface area (Å²) in [7, 11) is 0. The van der Waals surface area contributed by atoms with Crippen LogP contribution in [-0.2, 0) is 0 Å². The number of rotatable bonds is 6. The van der Waals surface area contributed by atoms with Crippen molar-refractivity contribution in [2.75, 3.05) is 6.61 Å². The molecule has 2 aromatic rings. The van der Waals surface area contributed by atoms with Crippen molar-refractivity contribution in [3.63, 3.8) is 0 Å². The Morgan fingerprint density at radius 3 is 2.52 bits per heavy atom. The van der Waals surface area contributed by atoms with Crippen LogP contribution in [0.3, 0.4) is 0 Å². The van der Waals surface area contributed by atoms with Gasteiger partial charge in [0.2, 0.25) is 0 Å². The van der Waals surface area contributed by atoms with Gasteiger partial charge < -0.3 is 15.2 Å². The molecule has 0 aliphatic carbocycles. The Kier molecular flexibility index (Phi) is 5.42. The molecule has 0 unspecified atom stereocenters. The summed E-state index contributed by atoms with van der Waals surface area (Å²) in [4.78, 5) is 0.236. The highest BCUT2D eigenvalue weighted by atomic mass is 35.5. The Labute approximate surface area is 134 Å². The average Bonchev–Trinajstić information content (AvgIpc) is 2.48. The first-order chi connectivity index (χ1) is 10.1. The van der Waals surface area contributed by atoms with Crippen LogP contribution in [0, 0.1) is 0 Å². The van der Waals surface area contributed by atoms with Crippen molar-refractivity contribution in [1.29, 1.82) is 0 Å². The predicted octanol–water partition coefficient (Wildman–Crippen LogP) is 4.56. The first kappa shape index (κ1) is 15.6. The van der Waals surface area contributed by atoms with Gasteiger partial charge in [0.25, 0.3) is 0 Å². The number of ether oxygens (including phenoxy) is 2. The monoisotopic (exact) mass is 321 g/mol. The summed E-state index contributed by atoms with van der Waals surface area (Å²) >= 11 is 11.0. The van der Waals surface area contributed by atoms with Gasteiger partial charge in [0.1, 0.15) is 10.7 Å². The van der Waals surface area contributed by atoms with Crippen LogP contribution >= 0.6 is 23.8 Å². The largest absolute Gasteiger partial charge is 0.490 e. The summed E-state index contributed by atoms with van der Waals surface area (Å²) in [6.45, 7) is 2.68. The van der Waals surface area contributed by atoms with Gasteiger partial charge in [-0.25, -0.2) is 0 Å². The third-order valence-corrected chi connectivity index (χ3v) is 3.19. The van der Waals surface area contributed by atoms with Crippen LogP contribution in [0.5, 0.6) is 17.2 Å². The summed E-state index contributed by atoms with van der Waals surface area (Å²) in [5.41, 5.74) is 6.32. The molecular weight excluding hydrogens is 306 g/mol. The quantitative estimate of drug-likeness (QED) is 0.792. The van der Waals surface area contributed by atoms with E-state index in [1.807, 2.05) is 31.2 Å². The average molecular weight is 322 g/mol. The Morgan fingerprint density at radius 2 is 1.86 bits per heavy atom. The minimum atomic E-state index is 0.236.